The molecular formula is C21H28O3. The van der Waals surface area contributed by atoms with Crippen LogP contribution < -0.4 is 0 Å². The van der Waals surface area contributed by atoms with Gasteiger partial charge in [-0.15, -0.1) is 0 Å². The Morgan fingerprint density at radius 1 is 1.29 bits per heavy atom. The van der Waals surface area contributed by atoms with Crippen LogP contribution in [0.3, 0.4) is 0 Å². The zero-order valence-corrected chi connectivity index (χ0v) is 14.8. The number of hydrogen-bond donors (Lipinski definition) is 1. The molecule has 0 aliphatic heterocycles. The number of carboxylic acids is 1. The number of aliphatic carboxylic acids is 1. The molecular weight excluding hydrogens is 300 g/mol. The molecule has 1 N–H and O–H groups in total. The van der Waals surface area contributed by atoms with Crippen LogP contribution in [0.5, 0.6) is 0 Å². The van der Waals surface area contributed by atoms with Crippen LogP contribution in [0.1, 0.15) is 58.8 Å². The van der Waals surface area contributed by atoms with Crippen molar-refractivity contribution in [2.45, 2.75) is 58.8 Å². The zero-order chi connectivity index (χ0) is 17.1. The maximum Gasteiger partial charge on any atom is 0.303 e. The van der Waals surface area contributed by atoms with Gasteiger partial charge in [0, 0.05) is 24.2 Å². The third-order valence-corrected chi connectivity index (χ3v) is 8.02. The number of rotatable bonds is 2. The molecule has 4 aliphatic carbocycles. The predicted molar refractivity (Wildman–Crippen MR) is 92.4 cm³/mol. The van der Waals surface area contributed by atoms with Crippen LogP contribution in [0.4, 0.5) is 0 Å². The number of hydrogen-bond acceptors (Lipinski definition) is 2. The molecule has 3 saturated carbocycles. The van der Waals surface area contributed by atoms with Gasteiger partial charge in [-0.3, -0.25) is 9.59 Å². The van der Waals surface area contributed by atoms with E-state index in [9.17, 15) is 14.7 Å². The minimum Gasteiger partial charge on any atom is -0.481 e. The van der Waals surface area contributed by atoms with Crippen molar-refractivity contribution in [3.05, 3.63) is 23.8 Å². The van der Waals surface area contributed by atoms with Crippen molar-refractivity contribution in [2.24, 2.45) is 34.5 Å². The Balaban J connectivity index is 1.69. The first-order chi connectivity index (χ1) is 11.4. The van der Waals surface area contributed by atoms with E-state index in [-0.39, 0.29) is 29.1 Å². The molecule has 3 heteroatoms. The molecule has 24 heavy (non-hydrogen) atoms. The lowest BCUT2D eigenvalue weighted by Crippen LogP contribution is -2.54. The van der Waals surface area contributed by atoms with E-state index in [4.69, 9.17) is 0 Å². The average Bonchev–Trinajstić information content (AvgIpc) is 2.82. The number of fused-ring (bicyclic) bond motifs is 5. The first-order valence-electron chi connectivity index (χ1n) is 9.47. The summed E-state index contributed by atoms with van der Waals surface area (Å²) >= 11 is 0. The van der Waals surface area contributed by atoms with Crippen LogP contribution >= 0.6 is 0 Å². The van der Waals surface area contributed by atoms with Gasteiger partial charge in [0.25, 0.3) is 0 Å². The minimum absolute atomic E-state index is 0.000957. The molecule has 6 atom stereocenters. The van der Waals surface area contributed by atoms with E-state index in [2.05, 4.69) is 32.1 Å². The number of allylic oxidation sites excluding steroid dienone is 4. The fourth-order valence-corrected chi connectivity index (χ4v) is 6.86. The number of Topliss-reactive ketones (excluding diaryl/α,β-unsaturated/α-hetero) is 1. The van der Waals surface area contributed by atoms with Gasteiger partial charge >= 0.3 is 5.97 Å². The summed E-state index contributed by atoms with van der Waals surface area (Å²) in [7, 11) is 0. The van der Waals surface area contributed by atoms with Crippen LogP contribution in [-0.4, -0.2) is 16.9 Å². The standard InChI is InChI=1S/C21H28O3/c1-20-10-4-3-5-13(20)6-8-15-16-9-7-14(11-18(23)24)21(16,2)12-17(22)19(15)20/h3-5,14-16,19H,6-12H2,1-2H3,(H,23,24)/t14-,15+,16+,19-,20+,21-/m1/s1. The van der Waals surface area contributed by atoms with E-state index < -0.39 is 5.97 Å². The first kappa shape index (κ1) is 16.1. The van der Waals surface area contributed by atoms with Crippen molar-refractivity contribution < 1.29 is 14.7 Å². The molecule has 4 rings (SSSR count). The minimum atomic E-state index is -0.713. The lowest BCUT2D eigenvalue weighted by molar-refractivity contribution is -0.148. The Hall–Kier alpha value is -1.38. The SMILES string of the molecule is C[C@]12CC(=O)[C@H]3[C@@H](CCC4=CC=CC[C@@]43C)[C@@H]1CC[C@@H]2CC(=O)O. The molecule has 3 nitrogen and oxygen atoms in total. The number of carbonyl (C=O) groups excluding carboxylic acids is 1. The summed E-state index contributed by atoms with van der Waals surface area (Å²) in [6.45, 7) is 4.50. The van der Waals surface area contributed by atoms with E-state index in [1.165, 1.54) is 5.57 Å². The lowest BCUT2D eigenvalue weighted by Gasteiger charge is -2.56. The molecule has 0 heterocycles. The Morgan fingerprint density at radius 2 is 2.08 bits per heavy atom. The van der Waals surface area contributed by atoms with E-state index in [1.54, 1.807) is 0 Å². The zero-order valence-electron chi connectivity index (χ0n) is 14.8. The van der Waals surface area contributed by atoms with Crippen LogP contribution in [-0.2, 0) is 9.59 Å². The molecule has 130 valence electrons. The van der Waals surface area contributed by atoms with Gasteiger partial charge in [-0.25, -0.2) is 0 Å². The molecule has 0 unspecified atom stereocenters. The second-order valence-corrected chi connectivity index (χ2v) is 9.05. The fraction of sp³-hybridized carbons (Fsp3) is 0.714. The van der Waals surface area contributed by atoms with Gasteiger partial charge in [-0.1, -0.05) is 37.6 Å². The van der Waals surface area contributed by atoms with Crippen molar-refractivity contribution in [1.82, 2.24) is 0 Å². The highest BCUT2D eigenvalue weighted by Gasteiger charge is 2.61. The summed E-state index contributed by atoms with van der Waals surface area (Å²) in [5, 5.41) is 9.27. The van der Waals surface area contributed by atoms with Gasteiger partial charge in [0.05, 0.1) is 0 Å². The lowest BCUT2D eigenvalue weighted by atomic mass is 9.47. The van der Waals surface area contributed by atoms with Crippen LogP contribution in [0.15, 0.2) is 23.8 Å². The number of carbonyl (C=O) groups is 2. The maximum absolute atomic E-state index is 13.3. The van der Waals surface area contributed by atoms with E-state index in [0.29, 0.717) is 24.0 Å². The summed E-state index contributed by atoms with van der Waals surface area (Å²) in [5.74, 6) is 0.969. The fourth-order valence-electron chi connectivity index (χ4n) is 6.86. The predicted octanol–water partition coefficient (Wildman–Crippen LogP) is 4.39. The molecule has 0 aromatic heterocycles. The Morgan fingerprint density at radius 3 is 2.83 bits per heavy atom. The summed E-state index contributed by atoms with van der Waals surface area (Å²) < 4.78 is 0. The van der Waals surface area contributed by atoms with Gasteiger partial charge in [0.15, 0.2) is 0 Å². The van der Waals surface area contributed by atoms with E-state index in [1.807, 2.05) is 0 Å². The Bertz CT molecular complexity index is 645. The van der Waals surface area contributed by atoms with Gasteiger partial charge < -0.3 is 5.11 Å². The normalized spacial score (nSPS) is 46.8. The quantitative estimate of drug-likeness (QED) is 0.818. The van der Waals surface area contributed by atoms with Crippen molar-refractivity contribution in [3.8, 4) is 0 Å². The first-order valence-corrected chi connectivity index (χ1v) is 9.47. The highest BCUT2D eigenvalue weighted by Crippen LogP contribution is 2.65. The second-order valence-electron chi connectivity index (χ2n) is 9.05. The molecule has 0 aromatic rings. The smallest absolute Gasteiger partial charge is 0.303 e. The van der Waals surface area contributed by atoms with E-state index in [0.717, 1.165) is 32.1 Å². The van der Waals surface area contributed by atoms with Gasteiger partial charge in [0.2, 0.25) is 0 Å². The summed E-state index contributed by atoms with van der Waals surface area (Å²) in [6.07, 6.45) is 12.7. The molecule has 4 aliphatic rings. The van der Waals surface area contributed by atoms with Crippen molar-refractivity contribution in [3.63, 3.8) is 0 Å². The second kappa shape index (κ2) is 5.31. The third-order valence-electron chi connectivity index (χ3n) is 8.02. The largest absolute Gasteiger partial charge is 0.481 e. The molecule has 3 fully saturated rings. The summed E-state index contributed by atoms with van der Waals surface area (Å²) in [6, 6.07) is 0. The summed E-state index contributed by atoms with van der Waals surface area (Å²) in [4.78, 5) is 24.5. The van der Waals surface area contributed by atoms with Crippen molar-refractivity contribution in [1.29, 1.82) is 0 Å². The monoisotopic (exact) mass is 328 g/mol. The highest BCUT2D eigenvalue weighted by atomic mass is 16.4. The maximum atomic E-state index is 13.3. The van der Waals surface area contributed by atoms with Crippen LogP contribution in [0.2, 0.25) is 0 Å². The van der Waals surface area contributed by atoms with Gasteiger partial charge in [-0.2, -0.15) is 0 Å². The number of ketones is 1. The summed E-state index contributed by atoms with van der Waals surface area (Å²) in [5.41, 5.74) is 1.36. The average molecular weight is 328 g/mol. The van der Waals surface area contributed by atoms with Gasteiger partial charge in [0.1, 0.15) is 5.78 Å². The molecule has 0 spiro atoms. The highest BCUT2D eigenvalue weighted by molar-refractivity contribution is 5.85. The molecule has 0 amide bonds. The number of carboxylic acid groups (broad SMARTS) is 1. The molecule has 0 saturated heterocycles. The molecule has 0 bridgehead atoms. The molecule has 0 aromatic carbocycles. The van der Waals surface area contributed by atoms with E-state index >= 15 is 0 Å². The Kier molecular flexibility index (Phi) is 3.56. The van der Waals surface area contributed by atoms with Crippen LogP contribution in [0.25, 0.3) is 0 Å². The van der Waals surface area contributed by atoms with Crippen molar-refractivity contribution >= 4 is 11.8 Å². The van der Waals surface area contributed by atoms with Gasteiger partial charge in [-0.05, 0) is 55.3 Å². The topological polar surface area (TPSA) is 54.4 Å². The Labute approximate surface area is 144 Å². The molecule has 0 radical (unpaired) electrons. The third kappa shape index (κ3) is 2.09. The van der Waals surface area contributed by atoms with Crippen LogP contribution in [0, 0.1) is 34.5 Å². The van der Waals surface area contributed by atoms with Crippen molar-refractivity contribution in [2.75, 3.05) is 0 Å².